The van der Waals surface area contributed by atoms with Gasteiger partial charge in [-0.2, -0.15) is 0 Å². The van der Waals surface area contributed by atoms with E-state index in [4.69, 9.17) is 5.73 Å². The van der Waals surface area contributed by atoms with E-state index < -0.39 is 12.5 Å². The van der Waals surface area contributed by atoms with Crippen molar-refractivity contribution in [1.82, 2.24) is 0 Å². The molecule has 0 bridgehead atoms. The molecule has 1 nitrogen and oxygen atoms in total. The number of hydrogen-bond acceptors (Lipinski definition) is 1. The van der Waals surface area contributed by atoms with Gasteiger partial charge in [0.1, 0.15) is 0 Å². The lowest BCUT2D eigenvalue weighted by atomic mass is 10.1. The highest BCUT2D eigenvalue weighted by Crippen LogP contribution is 2.10. The molecule has 0 spiro atoms. The molecule has 1 aromatic carbocycles. The molecule has 1 atom stereocenters. The van der Waals surface area contributed by atoms with Crippen LogP contribution in [0.25, 0.3) is 0 Å². The molecule has 0 fully saturated rings. The molecule has 4 heteroatoms. The van der Waals surface area contributed by atoms with E-state index in [0.29, 0.717) is 0 Å². The summed E-state index contributed by atoms with van der Waals surface area (Å²) in [5.41, 5.74) is 6.09. The topological polar surface area (TPSA) is 26.0 Å². The molecule has 0 heterocycles. The molecule has 1 rings (SSSR count). The summed E-state index contributed by atoms with van der Waals surface area (Å²) in [6.07, 6.45) is -2.21. The van der Waals surface area contributed by atoms with Crippen molar-refractivity contribution in [3.05, 3.63) is 33.4 Å². The van der Waals surface area contributed by atoms with Crippen molar-refractivity contribution in [3.8, 4) is 0 Å². The van der Waals surface area contributed by atoms with Crippen LogP contribution in [0.1, 0.15) is 5.56 Å². The molecule has 0 aromatic heterocycles. The summed E-state index contributed by atoms with van der Waals surface area (Å²) in [5, 5.41) is 0. The zero-order valence-corrected chi connectivity index (χ0v) is 9.04. The number of halogens is 3. The van der Waals surface area contributed by atoms with Crippen molar-refractivity contribution in [2.24, 2.45) is 5.73 Å². The molecule has 2 N–H and O–H groups in total. The van der Waals surface area contributed by atoms with Gasteiger partial charge in [-0.25, -0.2) is 8.78 Å². The summed E-state index contributed by atoms with van der Waals surface area (Å²) in [5.74, 6) is 0. The Labute approximate surface area is 89.5 Å². The zero-order chi connectivity index (χ0) is 9.84. The van der Waals surface area contributed by atoms with Gasteiger partial charge in [0.25, 0.3) is 6.43 Å². The third kappa shape index (κ3) is 3.56. The highest BCUT2D eigenvalue weighted by Gasteiger charge is 2.14. The number of rotatable bonds is 3. The Morgan fingerprint density at radius 1 is 1.23 bits per heavy atom. The maximum atomic E-state index is 12.1. The van der Waals surface area contributed by atoms with Crippen molar-refractivity contribution in [2.45, 2.75) is 18.9 Å². The van der Waals surface area contributed by atoms with Crippen LogP contribution in [-0.4, -0.2) is 12.5 Å². The Hall–Kier alpha value is -0.230. The second kappa shape index (κ2) is 4.85. The maximum absolute atomic E-state index is 12.1. The Morgan fingerprint density at radius 2 is 1.77 bits per heavy atom. The summed E-state index contributed by atoms with van der Waals surface area (Å²) in [4.78, 5) is 0. The van der Waals surface area contributed by atoms with Crippen molar-refractivity contribution < 1.29 is 8.78 Å². The molecule has 0 aliphatic heterocycles. The summed E-state index contributed by atoms with van der Waals surface area (Å²) in [6, 6.07) is 6.36. The van der Waals surface area contributed by atoms with Gasteiger partial charge in [-0.3, -0.25) is 0 Å². The molecule has 0 saturated heterocycles. The normalized spacial score (nSPS) is 13.3. The van der Waals surface area contributed by atoms with Crippen LogP contribution in [0.4, 0.5) is 8.78 Å². The van der Waals surface area contributed by atoms with Crippen LogP contribution in [0.2, 0.25) is 0 Å². The lowest BCUT2D eigenvalue weighted by Crippen LogP contribution is -2.30. The van der Waals surface area contributed by atoms with E-state index in [1.165, 1.54) is 0 Å². The fourth-order valence-corrected chi connectivity index (χ4v) is 1.34. The molecule has 0 radical (unpaired) electrons. The predicted octanol–water partition coefficient (Wildman–Crippen LogP) is 2.43. The van der Waals surface area contributed by atoms with Gasteiger partial charge in [0, 0.05) is 3.57 Å². The fraction of sp³-hybridized carbons (Fsp3) is 0.333. The number of alkyl halides is 2. The quantitative estimate of drug-likeness (QED) is 0.852. The molecule has 1 unspecified atom stereocenters. The largest absolute Gasteiger partial charge is 0.323 e. The van der Waals surface area contributed by atoms with Gasteiger partial charge in [0.05, 0.1) is 6.04 Å². The Morgan fingerprint density at radius 3 is 2.23 bits per heavy atom. The molecule has 0 saturated carbocycles. The monoisotopic (exact) mass is 297 g/mol. The zero-order valence-electron chi connectivity index (χ0n) is 6.88. The average Bonchev–Trinajstić information content (AvgIpc) is 2.08. The van der Waals surface area contributed by atoms with Crippen molar-refractivity contribution >= 4 is 22.6 Å². The first-order chi connectivity index (χ1) is 6.09. The Balaban J connectivity index is 2.59. The van der Waals surface area contributed by atoms with Crippen molar-refractivity contribution in [2.75, 3.05) is 0 Å². The van der Waals surface area contributed by atoms with Gasteiger partial charge < -0.3 is 5.73 Å². The van der Waals surface area contributed by atoms with Crippen molar-refractivity contribution in [3.63, 3.8) is 0 Å². The van der Waals surface area contributed by atoms with Crippen LogP contribution < -0.4 is 5.73 Å². The minimum absolute atomic E-state index is 0.231. The lowest BCUT2D eigenvalue weighted by Gasteiger charge is -2.09. The molecule has 0 aliphatic carbocycles. The summed E-state index contributed by atoms with van der Waals surface area (Å²) in [6.45, 7) is 0. The number of hydrogen-bond donors (Lipinski definition) is 1. The molecule has 0 aliphatic rings. The first kappa shape index (κ1) is 10.8. The van der Waals surface area contributed by atoms with Crippen LogP contribution >= 0.6 is 22.6 Å². The second-order valence-corrected chi connectivity index (χ2v) is 4.07. The first-order valence-corrected chi connectivity index (χ1v) is 4.95. The number of benzene rings is 1. The standard InChI is InChI=1S/C9H10F2IN/c10-9(11)8(13)5-6-1-3-7(12)4-2-6/h1-4,8-9H,5,13H2. The van der Waals surface area contributed by atoms with Crippen LogP contribution in [0.5, 0.6) is 0 Å². The molecular formula is C9H10F2IN. The average molecular weight is 297 g/mol. The summed E-state index contributed by atoms with van der Waals surface area (Å²) >= 11 is 2.16. The van der Waals surface area contributed by atoms with Gasteiger partial charge in [0.2, 0.25) is 0 Å². The fourth-order valence-electron chi connectivity index (χ4n) is 0.982. The van der Waals surface area contributed by atoms with E-state index in [9.17, 15) is 8.78 Å². The van der Waals surface area contributed by atoms with Gasteiger partial charge in [-0.15, -0.1) is 0 Å². The number of nitrogens with two attached hydrogens (primary N) is 1. The maximum Gasteiger partial charge on any atom is 0.253 e. The molecular weight excluding hydrogens is 287 g/mol. The SMILES string of the molecule is NC(Cc1ccc(I)cc1)C(F)F. The van der Waals surface area contributed by atoms with Crippen LogP contribution in [0.15, 0.2) is 24.3 Å². The Kier molecular flexibility index (Phi) is 4.05. The van der Waals surface area contributed by atoms with E-state index in [1.807, 2.05) is 24.3 Å². The first-order valence-electron chi connectivity index (χ1n) is 3.88. The van der Waals surface area contributed by atoms with Crippen LogP contribution in [-0.2, 0) is 6.42 Å². The minimum atomic E-state index is -2.45. The van der Waals surface area contributed by atoms with E-state index >= 15 is 0 Å². The van der Waals surface area contributed by atoms with Crippen LogP contribution in [0.3, 0.4) is 0 Å². The third-order valence-corrected chi connectivity index (χ3v) is 2.43. The van der Waals surface area contributed by atoms with Crippen LogP contribution in [0, 0.1) is 3.57 Å². The molecule has 13 heavy (non-hydrogen) atoms. The highest BCUT2D eigenvalue weighted by molar-refractivity contribution is 14.1. The van der Waals surface area contributed by atoms with Gasteiger partial charge in [-0.05, 0) is 46.7 Å². The molecule has 72 valence electrons. The predicted molar refractivity (Wildman–Crippen MR) is 56.8 cm³/mol. The van der Waals surface area contributed by atoms with Gasteiger partial charge in [0.15, 0.2) is 0 Å². The summed E-state index contributed by atoms with van der Waals surface area (Å²) < 4.78 is 25.2. The van der Waals surface area contributed by atoms with E-state index in [-0.39, 0.29) is 6.42 Å². The molecule has 1 aromatic rings. The lowest BCUT2D eigenvalue weighted by molar-refractivity contribution is 0.116. The smallest absolute Gasteiger partial charge is 0.253 e. The Bertz CT molecular complexity index is 261. The minimum Gasteiger partial charge on any atom is -0.323 e. The summed E-state index contributed by atoms with van der Waals surface area (Å²) in [7, 11) is 0. The van der Waals surface area contributed by atoms with E-state index in [1.54, 1.807) is 0 Å². The van der Waals surface area contributed by atoms with E-state index in [2.05, 4.69) is 22.6 Å². The van der Waals surface area contributed by atoms with Crippen molar-refractivity contribution in [1.29, 1.82) is 0 Å². The molecule has 0 amide bonds. The van der Waals surface area contributed by atoms with E-state index in [0.717, 1.165) is 9.13 Å². The highest BCUT2D eigenvalue weighted by atomic mass is 127. The second-order valence-electron chi connectivity index (χ2n) is 2.83. The van der Waals surface area contributed by atoms with Gasteiger partial charge >= 0.3 is 0 Å². The van der Waals surface area contributed by atoms with Gasteiger partial charge in [-0.1, -0.05) is 12.1 Å². The third-order valence-electron chi connectivity index (χ3n) is 1.71.